The van der Waals surface area contributed by atoms with E-state index in [1.165, 1.54) is 11.1 Å². The van der Waals surface area contributed by atoms with Crippen molar-refractivity contribution in [2.45, 2.75) is 39.3 Å². The zero-order chi connectivity index (χ0) is 10.8. The molecule has 0 aliphatic carbocycles. The highest BCUT2D eigenvalue weighted by atomic mass is 16.5. The summed E-state index contributed by atoms with van der Waals surface area (Å²) >= 11 is 0. The summed E-state index contributed by atoms with van der Waals surface area (Å²) in [6.45, 7) is 7.42. The van der Waals surface area contributed by atoms with Crippen LogP contribution in [0.5, 0.6) is 5.75 Å². The van der Waals surface area contributed by atoms with Gasteiger partial charge in [-0.2, -0.15) is 0 Å². The molecule has 0 amide bonds. The van der Waals surface area contributed by atoms with Crippen molar-refractivity contribution in [2.24, 2.45) is 0 Å². The van der Waals surface area contributed by atoms with Crippen LogP contribution in [-0.2, 0) is 6.42 Å². The molecule has 82 valence electrons. The zero-order valence-electron chi connectivity index (χ0n) is 9.71. The van der Waals surface area contributed by atoms with E-state index in [9.17, 15) is 0 Å². The zero-order valence-corrected chi connectivity index (χ0v) is 9.71. The molecule has 0 aromatic heterocycles. The van der Waals surface area contributed by atoms with Gasteiger partial charge in [0.25, 0.3) is 0 Å². The van der Waals surface area contributed by atoms with Gasteiger partial charge >= 0.3 is 0 Å². The molecule has 0 radical (unpaired) electrons. The quantitative estimate of drug-likeness (QED) is 0.819. The van der Waals surface area contributed by atoms with Crippen molar-refractivity contribution < 1.29 is 4.74 Å². The predicted molar refractivity (Wildman–Crippen MR) is 62.3 cm³/mol. The summed E-state index contributed by atoms with van der Waals surface area (Å²) in [4.78, 5) is 0. The molecule has 0 saturated heterocycles. The SMILES string of the molecule is CCNC1c2cccc(CC)c2OC1C. The second-order valence-corrected chi connectivity index (χ2v) is 4.05. The maximum Gasteiger partial charge on any atom is 0.127 e. The van der Waals surface area contributed by atoms with Crippen LogP contribution in [0.1, 0.15) is 37.9 Å². The maximum absolute atomic E-state index is 5.93. The third-order valence-corrected chi connectivity index (χ3v) is 3.04. The minimum Gasteiger partial charge on any atom is -0.488 e. The van der Waals surface area contributed by atoms with Crippen molar-refractivity contribution in [3.8, 4) is 5.75 Å². The van der Waals surface area contributed by atoms with Crippen molar-refractivity contribution in [2.75, 3.05) is 6.54 Å². The average molecular weight is 205 g/mol. The standard InChI is InChI=1S/C13H19NO/c1-4-10-7-6-8-11-12(14-5-2)9(3)15-13(10)11/h6-9,12,14H,4-5H2,1-3H3. The summed E-state index contributed by atoms with van der Waals surface area (Å²) in [6, 6.07) is 6.81. The Hall–Kier alpha value is -1.02. The third-order valence-electron chi connectivity index (χ3n) is 3.04. The van der Waals surface area contributed by atoms with Crippen molar-refractivity contribution in [3.63, 3.8) is 0 Å². The fraction of sp³-hybridized carbons (Fsp3) is 0.538. The smallest absolute Gasteiger partial charge is 0.127 e. The normalized spacial score (nSPS) is 23.7. The molecule has 2 nitrogen and oxygen atoms in total. The van der Waals surface area contributed by atoms with Crippen LogP contribution in [0.2, 0.25) is 0 Å². The Bertz CT molecular complexity index is 348. The molecular formula is C13H19NO. The monoisotopic (exact) mass is 205 g/mol. The Balaban J connectivity index is 2.37. The Kier molecular flexibility index (Phi) is 2.96. The Morgan fingerprint density at radius 1 is 1.33 bits per heavy atom. The molecule has 1 aromatic rings. The van der Waals surface area contributed by atoms with Crippen LogP contribution in [0, 0.1) is 0 Å². The fourth-order valence-corrected chi connectivity index (χ4v) is 2.27. The molecule has 1 N–H and O–H groups in total. The lowest BCUT2D eigenvalue weighted by Crippen LogP contribution is -2.28. The molecule has 1 heterocycles. The van der Waals surface area contributed by atoms with Gasteiger partial charge in [0.05, 0.1) is 6.04 Å². The topological polar surface area (TPSA) is 21.3 Å². The summed E-state index contributed by atoms with van der Waals surface area (Å²) in [6.07, 6.45) is 1.28. The van der Waals surface area contributed by atoms with Crippen LogP contribution in [0.3, 0.4) is 0 Å². The molecule has 2 atom stereocenters. The first-order valence-electron chi connectivity index (χ1n) is 5.79. The van der Waals surface area contributed by atoms with Crippen LogP contribution >= 0.6 is 0 Å². The summed E-state index contributed by atoms with van der Waals surface area (Å²) in [5.41, 5.74) is 2.64. The predicted octanol–water partition coefficient (Wildman–Crippen LogP) is 2.68. The van der Waals surface area contributed by atoms with Crippen molar-refractivity contribution in [1.29, 1.82) is 0 Å². The van der Waals surface area contributed by atoms with Gasteiger partial charge in [-0.05, 0) is 25.5 Å². The lowest BCUT2D eigenvalue weighted by Gasteiger charge is -2.14. The van der Waals surface area contributed by atoms with E-state index in [0.717, 1.165) is 18.7 Å². The van der Waals surface area contributed by atoms with Gasteiger partial charge in [-0.15, -0.1) is 0 Å². The lowest BCUT2D eigenvalue weighted by molar-refractivity contribution is 0.209. The molecule has 2 rings (SSSR count). The first kappa shape index (κ1) is 10.5. The highest BCUT2D eigenvalue weighted by Gasteiger charge is 2.31. The van der Waals surface area contributed by atoms with Gasteiger partial charge < -0.3 is 10.1 Å². The number of likely N-dealkylation sites (N-methyl/N-ethyl adjacent to an activating group) is 1. The van der Waals surface area contributed by atoms with Gasteiger partial charge in [0.15, 0.2) is 0 Å². The van der Waals surface area contributed by atoms with Gasteiger partial charge in [0, 0.05) is 5.56 Å². The van der Waals surface area contributed by atoms with Gasteiger partial charge in [-0.1, -0.05) is 32.0 Å². The number of benzene rings is 1. The van der Waals surface area contributed by atoms with Crippen LogP contribution in [-0.4, -0.2) is 12.6 Å². The molecule has 1 aromatic carbocycles. The van der Waals surface area contributed by atoms with Gasteiger partial charge in [-0.3, -0.25) is 0 Å². The molecule has 2 heteroatoms. The van der Waals surface area contributed by atoms with E-state index < -0.39 is 0 Å². The molecule has 2 unspecified atom stereocenters. The first-order chi connectivity index (χ1) is 7.27. The van der Waals surface area contributed by atoms with Crippen molar-refractivity contribution in [1.82, 2.24) is 5.32 Å². The lowest BCUT2D eigenvalue weighted by atomic mass is 10.0. The van der Waals surface area contributed by atoms with E-state index in [0.29, 0.717) is 6.04 Å². The summed E-state index contributed by atoms with van der Waals surface area (Å²) in [7, 11) is 0. The van der Waals surface area contributed by atoms with Crippen LogP contribution in [0.25, 0.3) is 0 Å². The van der Waals surface area contributed by atoms with E-state index >= 15 is 0 Å². The molecule has 1 aliphatic rings. The van der Waals surface area contributed by atoms with Crippen LogP contribution < -0.4 is 10.1 Å². The molecule has 0 bridgehead atoms. The maximum atomic E-state index is 5.93. The highest BCUT2D eigenvalue weighted by molar-refractivity contribution is 5.46. The third kappa shape index (κ3) is 1.74. The number of ether oxygens (including phenoxy) is 1. The molecule has 0 fully saturated rings. The molecule has 15 heavy (non-hydrogen) atoms. The number of aryl methyl sites for hydroxylation is 1. The second kappa shape index (κ2) is 4.23. The number of hydrogen-bond acceptors (Lipinski definition) is 2. The van der Waals surface area contributed by atoms with E-state index in [1.807, 2.05) is 0 Å². The number of hydrogen-bond donors (Lipinski definition) is 1. The average Bonchev–Trinajstić information content (AvgIpc) is 2.56. The molecular weight excluding hydrogens is 186 g/mol. The van der Waals surface area contributed by atoms with E-state index in [4.69, 9.17) is 4.74 Å². The number of fused-ring (bicyclic) bond motifs is 1. The van der Waals surface area contributed by atoms with Crippen LogP contribution in [0.15, 0.2) is 18.2 Å². The summed E-state index contributed by atoms with van der Waals surface area (Å²) in [5, 5.41) is 3.48. The Morgan fingerprint density at radius 2 is 2.13 bits per heavy atom. The second-order valence-electron chi connectivity index (χ2n) is 4.05. The summed E-state index contributed by atoms with van der Waals surface area (Å²) < 4.78 is 5.93. The number of para-hydroxylation sites is 1. The van der Waals surface area contributed by atoms with E-state index in [-0.39, 0.29) is 6.10 Å². The van der Waals surface area contributed by atoms with Crippen molar-refractivity contribution >= 4 is 0 Å². The molecule has 1 aliphatic heterocycles. The minimum atomic E-state index is 0.243. The summed E-state index contributed by atoms with van der Waals surface area (Å²) in [5.74, 6) is 1.11. The van der Waals surface area contributed by atoms with E-state index in [1.54, 1.807) is 0 Å². The minimum absolute atomic E-state index is 0.243. The first-order valence-corrected chi connectivity index (χ1v) is 5.79. The molecule has 0 spiro atoms. The van der Waals surface area contributed by atoms with Crippen LogP contribution in [0.4, 0.5) is 0 Å². The fourth-order valence-electron chi connectivity index (χ4n) is 2.27. The highest BCUT2D eigenvalue weighted by Crippen LogP contribution is 2.39. The number of nitrogens with one attached hydrogen (secondary N) is 1. The van der Waals surface area contributed by atoms with E-state index in [2.05, 4.69) is 44.3 Å². The largest absolute Gasteiger partial charge is 0.488 e. The van der Waals surface area contributed by atoms with Crippen molar-refractivity contribution in [3.05, 3.63) is 29.3 Å². The Morgan fingerprint density at radius 3 is 2.80 bits per heavy atom. The number of rotatable bonds is 3. The Labute approximate surface area is 91.6 Å². The van der Waals surface area contributed by atoms with Gasteiger partial charge in [-0.25, -0.2) is 0 Å². The van der Waals surface area contributed by atoms with Gasteiger partial charge in [0.1, 0.15) is 11.9 Å². The van der Waals surface area contributed by atoms with Gasteiger partial charge in [0.2, 0.25) is 0 Å². The molecule has 0 saturated carbocycles.